The van der Waals surface area contributed by atoms with Gasteiger partial charge in [-0.3, -0.25) is 9.80 Å². The van der Waals surface area contributed by atoms with Gasteiger partial charge in [0.25, 0.3) is 0 Å². The van der Waals surface area contributed by atoms with E-state index in [1.165, 1.54) is 57.9 Å². The Morgan fingerprint density at radius 3 is 1.38 bits per heavy atom. The molecule has 0 rings (SSSR count). The fourth-order valence-electron chi connectivity index (χ4n) is 3.37. The van der Waals surface area contributed by atoms with E-state index in [9.17, 15) is 0 Å². The molecule has 2 nitrogen and oxygen atoms in total. The molecule has 0 saturated heterocycles. The van der Waals surface area contributed by atoms with Crippen LogP contribution in [0.25, 0.3) is 0 Å². The minimum atomic E-state index is -0.899. The van der Waals surface area contributed by atoms with E-state index in [-0.39, 0.29) is 0 Å². The van der Waals surface area contributed by atoms with E-state index in [0.29, 0.717) is 5.79 Å². The van der Waals surface area contributed by atoms with Gasteiger partial charge >= 0.3 is 0 Å². The molecule has 0 amide bonds. The highest BCUT2D eigenvalue weighted by atomic mass is 28.3. The number of hydrogen-bond donors (Lipinski definition) is 0. The molecule has 0 aliphatic carbocycles. The summed E-state index contributed by atoms with van der Waals surface area (Å²) in [6.07, 6.45) is 7.37. The first kappa shape index (κ1) is 20.9. The Balaban J connectivity index is 5.34. The molecule has 0 aromatic rings. The zero-order valence-electron chi connectivity index (χ0n) is 15.6. The van der Waals surface area contributed by atoms with Crippen LogP contribution in [0, 0.1) is 0 Å². The molecule has 21 heavy (non-hydrogen) atoms. The van der Waals surface area contributed by atoms with Crippen molar-refractivity contribution in [1.82, 2.24) is 9.80 Å². The summed E-state index contributed by atoms with van der Waals surface area (Å²) in [5.41, 5.74) is 2.57. The summed E-state index contributed by atoms with van der Waals surface area (Å²) in [6.45, 7) is 18.9. The largest absolute Gasteiger partial charge is 0.291 e. The van der Waals surface area contributed by atoms with Crippen LogP contribution in [0.4, 0.5) is 0 Å². The lowest BCUT2D eigenvalue weighted by molar-refractivity contribution is 0.0930. The second-order valence-electron chi connectivity index (χ2n) is 6.08. The van der Waals surface area contributed by atoms with Crippen molar-refractivity contribution in [3.63, 3.8) is 0 Å². The van der Waals surface area contributed by atoms with E-state index >= 15 is 0 Å². The van der Waals surface area contributed by atoms with Gasteiger partial charge in [0, 0.05) is 0 Å². The van der Waals surface area contributed by atoms with Crippen molar-refractivity contribution in [2.75, 3.05) is 26.2 Å². The van der Waals surface area contributed by atoms with Crippen molar-refractivity contribution < 1.29 is 0 Å². The van der Waals surface area contributed by atoms with E-state index in [2.05, 4.69) is 63.1 Å². The van der Waals surface area contributed by atoms with Crippen LogP contribution in [0.2, 0.25) is 6.04 Å². The lowest BCUT2D eigenvalue weighted by atomic mass is 10.3. The molecule has 0 saturated carbocycles. The minimum absolute atomic E-state index is 0.714. The van der Waals surface area contributed by atoms with Crippen LogP contribution in [0.15, 0.2) is 11.8 Å². The molecule has 0 fully saturated rings. The van der Waals surface area contributed by atoms with Gasteiger partial charge in [0.15, 0.2) is 0 Å². The molecule has 0 aliphatic rings. The van der Waals surface area contributed by atoms with E-state index < -0.39 is 8.80 Å². The maximum absolute atomic E-state index is 2.80. The zero-order valence-corrected chi connectivity index (χ0v) is 16.7. The average Bonchev–Trinajstić information content (AvgIpc) is 2.47. The molecule has 3 heteroatoms. The van der Waals surface area contributed by atoms with Crippen molar-refractivity contribution in [2.24, 2.45) is 0 Å². The monoisotopic (exact) mass is 312 g/mol. The predicted molar refractivity (Wildman–Crippen MR) is 101 cm³/mol. The highest BCUT2D eigenvalue weighted by Gasteiger charge is 2.29. The molecule has 0 heterocycles. The van der Waals surface area contributed by atoms with Gasteiger partial charge in [0.1, 0.15) is 0 Å². The fraction of sp³-hybridized carbons (Fsp3) is 0.889. The van der Waals surface area contributed by atoms with E-state index in [0.717, 1.165) is 0 Å². The van der Waals surface area contributed by atoms with E-state index in [4.69, 9.17) is 0 Å². The highest BCUT2D eigenvalue weighted by Crippen LogP contribution is 2.16. The molecule has 0 spiro atoms. The lowest BCUT2D eigenvalue weighted by Gasteiger charge is -2.43. The molecular formula is C18H40N2Si. The second kappa shape index (κ2) is 13.5. The smallest absolute Gasteiger partial charge is 0.0979 e. The van der Waals surface area contributed by atoms with Crippen molar-refractivity contribution in [2.45, 2.75) is 79.1 Å². The third-order valence-electron chi connectivity index (χ3n) is 4.09. The summed E-state index contributed by atoms with van der Waals surface area (Å²) in [7, 11) is -0.899. The fourth-order valence-corrected chi connectivity index (χ4v) is 6.43. The molecule has 0 aliphatic heterocycles. The molecular weight excluding hydrogens is 272 g/mol. The molecule has 0 radical (unpaired) electrons. The van der Waals surface area contributed by atoms with Crippen LogP contribution in [0.1, 0.15) is 67.2 Å². The van der Waals surface area contributed by atoms with Gasteiger partial charge in [-0.1, -0.05) is 52.4 Å². The van der Waals surface area contributed by atoms with Gasteiger partial charge in [-0.2, -0.15) is 0 Å². The predicted octanol–water partition coefficient (Wildman–Crippen LogP) is 4.46. The third kappa shape index (κ3) is 7.62. The van der Waals surface area contributed by atoms with Crippen LogP contribution in [0.3, 0.4) is 0 Å². The van der Waals surface area contributed by atoms with Crippen LogP contribution in [-0.4, -0.2) is 50.6 Å². The summed E-state index contributed by atoms with van der Waals surface area (Å²) < 4.78 is 0. The zero-order chi connectivity index (χ0) is 16.1. The minimum Gasteiger partial charge on any atom is -0.291 e. The summed E-state index contributed by atoms with van der Waals surface area (Å²) >= 11 is 0. The molecule has 126 valence electrons. The number of nitrogens with zero attached hydrogens (tertiary/aromatic N) is 2. The molecule has 0 aromatic heterocycles. The second-order valence-corrected chi connectivity index (χ2v) is 9.21. The number of hydrogen-bond acceptors (Lipinski definition) is 2. The Morgan fingerprint density at radius 1 is 0.762 bits per heavy atom. The molecule has 1 unspecified atom stereocenters. The average molecular weight is 313 g/mol. The normalized spacial score (nSPS) is 14.0. The van der Waals surface area contributed by atoms with Gasteiger partial charge in [-0.15, -0.1) is 0 Å². The molecule has 0 N–H and O–H groups in total. The van der Waals surface area contributed by atoms with Gasteiger partial charge in [0.2, 0.25) is 0 Å². The van der Waals surface area contributed by atoms with Crippen molar-refractivity contribution in [3.05, 3.63) is 11.8 Å². The Bertz CT molecular complexity index is 228. The van der Waals surface area contributed by atoms with Gasteiger partial charge in [-0.25, -0.2) is 0 Å². The first-order valence-electron chi connectivity index (χ1n) is 9.30. The quantitative estimate of drug-likeness (QED) is 0.366. The third-order valence-corrected chi connectivity index (χ3v) is 7.52. The summed E-state index contributed by atoms with van der Waals surface area (Å²) in [5, 5.41) is 0. The van der Waals surface area contributed by atoms with Crippen LogP contribution >= 0.6 is 0 Å². The van der Waals surface area contributed by atoms with Gasteiger partial charge in [-0.05, 0) is 58.8 Å². The number of rotatable bonds is 13. The van der Waals surface area contributed by atoms with E-state index in [1.807, 2.05) is 0 Å². The molecule has 0 aromatic carbocycles. The van der Waals surface area contributed by atoms with Crippen molar-refractivity contribution >= 4 is 8.80 Å². The van der Waals surface area contributed by atoms with Crippen LogP contribution in [0.5, 0.6) is 0 Å². The Morgan fingerprint density at radius 2 is 1.14 bits per heavy atom. The first-order chi connectivity index (χ1) is 10.2. The van der Waals surface area contributed by atoms with Crippen molar-refractivity contribution in [3.8, 4) is 0 Å². The standard InChI is InChI=1S/C18H40N2Si/c1-7-13-19(14-8-2)18(21(12-6)17-11-5)20(15-9-3)16-10-4/h11,17-18,21H,7-10,12-16H2,1-6H3. The summed E-state index contributed by atoms with van der Waals surface area (Å²) in [6, 6.07) is 1.36. The number of allylic oxidation sites excluding steroid dienone is 1. The molecule has 1 atom stereocenters. The van der Waals surface area contributed by atoms with E-state index in [1.54, 1.807) is 0 Å². The van der Waals surface area contributed by atoms with Gasteiger partial charge in [0.05, 0.1) is 14.6 Å². The van der Waals surface area contributed by atoms with Crippen LogP contribution < -0.4 is 0 Å². The highest BCUT2D eigenvalue weighted by molar-refractivity contribution is 6.65. The Labute approximate surface area is 136 Å². The Kier molecular flexibility index (Phi) is 13.5. The maximum Gasteiger partial charge on any atom is 0.0979 e. The first-order valence-corrected chi connectivity index (χ1v) is 11.5. The van der Waals surface area contributed by atoms with Crippen molar-refractivity contribution in [1.29, 1.82) is 0 Å². The summed E-state index contributed by atoms with van der Waals surface area (Å²) in [4.78, 5) is 5.59. The lowest BCUT2D eigenvalue weighted by Crippen LogP contribution is -2.57. The SMILES string of the molecule is CC=C[SiH](CC)C(N(CCC)CCC)N(CCC)CCC. The van der Waals surface area contributed by atoms with Gasteiger partial charge < -0.3 is 0 Å². The topological polar surface area (TPSA) is 6.48 Å². The maximum atomic E-state index is 2.80. The Hall–Kier alpha value is -0.123. The summed E-state index contributed by atoms with van der Waals surface area (Å²) in [5.74, 6) is 0.714. The molecule has 0 bridgehead atoms. The van der Waals surface area contributed by atoms with Crippen LogP contribution in [-0.2, 0) is 0 Å².